The average molecular weight is 366 g/mol. The van der Waals surface area contributed by atoms with Gasteiger partial charge >= 0.3 is 5.97 Å². The molecule has 0 aliphatic rings. The number of anilines is 1. The van der Waals surface area contributed by atoms with Gasteiger partial charge in [0, 0.05) is 5.33 Å². The molecule has 0 aliphatic carbocycles. The summed E-state index contributed by atoms with van der Waals surface area (Å²) in [6.07, 6.45) is 0.480. The van der Waals surface area contributed by atoms with Crippen LogP contribution < -0.4 is 9.46 Å². The van der Waals surface area contributed by atoms with Crippen LogP contribution >= 0.6 is 15.9 Å². The van der Waals surface area contributed by atoms with Crippen molar-refractivity contribution in [3.63, 3.8) is 0 Å². The van der Waals surface area contributed by atoms with Crippen molar-refractivity contribution >= 4 is 37.6 Å². The summed E-state index contributed by atoms with van der Waals surface area (Å²) < 4.78 is 35.8. The van der Waals surface area contributed by atoms with Crippen LogP contribution in [0.25, 0.3) is 0 Å². The smallest absolute Gasteiger partial charge is 0.337 e. The van der Waals surface area contributed by atoms with E-state index >= 15 is 0 Å². The molecule has 20 heavy (non-hydrogen) atoms. The van der Waals surface area contributed by atoms with Crippen LogP contribution in [0.5, 0.6) is 5.75 Å². The SMILES string of the molecule is COC(=O)c1ccc(OC)c(NS(=O)(=O)CCCBr)c1. The molecule has 0 saturated carbocycles. The maximum Gasteiger partial charge on any atom is 0.337 e. The molecular weight excluding hydrogens is 350 g/mol. The first-order valence-corrected chi connectivity index (χ1v) is 8.53. The van der Waals surface area contributed by atoms with Crippen molar-refractivity contribution in [1.29, 1.82) is 0 Å². The van der Waals surface area contributed by atoms with Crippen molar-refractivity contribution in [2.75, 3.05) is 30.0 Å². The summed E-state index contributed by atoms with van der Waals surface area (Å²) in [6, 6.07) is 4.39. The predicted octanol–water partition coefficient (Wildman–Crippen LogP) is 2.01. The molecule has 112 valence electrons. The summed E-state index contributed by atoms with van der Waals surface area (Å²) in [6.45, 7) is 0. The fraction of sp³-hybridized carbons (Fsp3) is 0.417. The van der Waals surface area contributed by atoms with Crippen LogP contribution in [-0.4, -0.2) is 39.7 Å². The number of methoxy groups -OCH3 is 2. The molecule has 0 aliphatic heterocycles. The van der Waals surface area contributed by atoms with Crippen LogP contribution in [0, 0.1) is 0 Å². The predicted molar refractivity (Wildman–Crippen MR) is 80.2 cm³/mol. The van der Waals surface area contributed by atoms with Gasteiger partial charge in [0.25, 0.3) is 0 Å². The topological polar surface area (TPSA) is 81.7 Å². The van der Waals surface area contributed by atoms with Gasteiger partial charge in [0.15, 0.2) is 0 Å². The third-order valence-electron chi connectivity index (χ3n) is 2.43. The molecule has 1 N–H and O–H groups in total. The highest BCUT2D eigenvalue weighted by molar-refractivity contribution is 9.09. The number of carbonyl (C=O) groups is 1. The minimum absolute atomic E-state index is 0.0240. The minimum Gasteiger partial charge on any atom is -0.495 e. The molecule has 1 aromatic rings. The summed E-state index contributed by atoms with van der Waals surface area (Å²) in [4.78, 5) is 11.5. The monoisotopic (exact) mass is 365 g/mol. The number of nitrogens with one attached hydrogen (secondary N) is 1. The number of sulfonamides is 1. The Morgan fingerprint density at radius 3 is 2.60 bits per heavy atom. The van der Waals surface area contributed by atoms with E-state index in [0.717, 1.165) is 0 Å². The molecule has 0 spiro atoms. The lowest BCUT2D eigenvalue weighted by atomic mass is 10.2. The Hall–Kier alpha value is -1.28. The van der Waals surface area contributed by atoms with Gasteiger partial charge in [-0.15, -0.1) is 0 Å². The second-order valence-corrected chi connectivity index (χ2v) is 6.50. The van der Waals surface area contributed by atoms with E-state index in [1.54, 1.807) is 0 Å². The zero-order valence-electron chi connectivity index (χ0n) is 11.2. The first kappa shape index (κ1) is 16.8. The van der Waals surface area contributed by atoms with E-state index in [1.165, 1.54) is 32.4 Å². The molecule has 0 bridgehead atoms. The van der Waals surface area contributed by atoms with E-state index in [2.05, 4.69) is 25.4 Å². The number of hydrogen-bond donors (Lipinski definition) is 1. The van der Waals surface area contributed by atoms with Gasteiger partial charge < -0.3 is 9.47 Å². The van der Waals surface area contributed by atoms with Crippen molar-refractivity contribution in [3.05, 3.63) is 23.8 Å². The Labute approximate surface area is 126 Å². The quantitative estimate of drug-likeness (QED) is 0.590. The maximum atomic E-state index is 11.9. The molecule has 0 heterocycles. The molecule has 8 heteroatoms. The fourth-order valence-corrected chi connectivity index (χ4v) is 3.27. The van der Waals surface area contributed by atoms with Crippen LogP contribution in [0.2, 0.25) is 0 Å². The summed E-state index contributed by atoms with van der Waals surface area (Å²) in [7, 11) is -0.814. The molecule has 1 aromatic carbocycles. The molecule has 0 fully saturated rings. The molecule has 1 rings (SSSR count). The molecule has 0 amide bonds. The number of esters is 1. The molecule has 0 aromatic heterocycles. The second kappa shape index (κ2) is 7.49. The highest BCUT2D eigenvalue weighted by Crippen LogP contribution is 2.27. The van der Waals surface area contributed by atoms with Crippen molar-refractivity contribution < 1.29 is 22.7 Å². The van der Waals surface area contributed by atoms with Crippen molar-refractivity contribution in [3.8, 4) is 5.75 Å². The average Bonchev–Trinajstić information content (AvgIpc) is 2.43. The lowest BCUT2D eigenvalue weighted by Gasteiger charge is -2.12. The first-order valence-electron chi connectivity index (χ1n) is 5.76. The molecule has 0 unspecified atom stereocenters. The number of carbonyl (C=O) groups excluding carboxylic acids is 1. The van der Waals surface area contributed by atoms with E-state index in [9.17, 15) is 13.2 Å². The number of ether oxygens (including phenoxy) is 2. The Bertz CT molecular complexity index is 573. The lowest BCUT2D eigenvalue weighted by molar-refractivity contribution is 0.0600. The van der Waals surface area contributed by atoms with Crippen LogP contribution in [-0.2, 0) is 14.8 Å². The number of benzene rings is 1. The Morgan fingerprint density at radius 2 is 2.05 bits per heavy atom. The van der Waals surface area contributed by atoms with Crippen LogP contribution in [0.1, 0.15) is 16.8 Å². The third kappa shape index (κ3) is 4.68. The highest BCUT2D eigenvalue weighted by atomic mass is 79.9. The van der Waals surface area contributed by atoms with Gasteiger partial charge in [-0.25, -0.2) is 13.2 Å². The first-order chi connectivity index (χ1) is 9.43. The number of hydrogen-bond acceptors (Lipinski definition) is 5. The summed E-state index contributed by atoms with van der Waals surface area (Å²) in [5, 5.41) is 0.591. The normalized spacial score (nSPS) is 10.9. The number of rotatable bonds is 7. The van der Waals surface area contributed by atoms with Crippen molar-refractivity contribution in [2.24, 2.45) is 0 Å². The molecule has 6 nitrogen and oxygen atoms in total. The van der Waals surface area contributed by atoms with Gasteiger partial charge in [-0.2, -0.15) is 0 Å². The molecule has 0 saturated heterocycles. The van der Waals surface area contributed by atoms with E-state index in [-0.39, 0.29) is 17.0 Å². The fourth-order valence-electron chi connectivity index (χ4n) is 1.50. The van der Waals surface area contributed by atoms with Crippen molar-refractivity contribution in [1.82, 2.24) is 0 Å². The molecular formula is C12H16BrNO5S. The van der Waals surface area contributed by atoms with Gasteiger partial charge in [-0.05, 0) is 24.6 Å². The lowest BCUT2D eigenvalue weighted by Crippen LogP contribution is -2.18. The maximum absolute atomic E-state index is 11.9. The molecule has 0 atom stereocenters. The van der Waals surface area contributed by atoms with Gasteiger partial charge in [0.1, 0.15) is 5.75 Å². The van der Waals surface area contributed by atoms with E-state index in [0.29, 0.717) is 17.5 Å². The zero-order valence-corrected chi connectivity index (χ0v) is 13.6. The standard InChI is InChI=1S/C12H16BrNO5S/c1-18-11-5-4-9(12(15)19-2)8-10(11)14-20(16,17)7-3-6-13/h4-5,8,14H,3,6-7H2,1-2H3. The number of halogens is 1. The van der Waals surface area contributed by atoms with E-state index in [4.69, 9.17) is 4.74 Å². The zero-order chi connectivity index (χ0) is 15.2. The highest BCUT2D eigenvalue weighted by Gasteiger charge is 2.16. The summed E-state index contributed by atoms with van der Waals surface area (Å²) in [5.74, 6) is -0.238. The Balaban J connectivity index is 3.05. The summed E-state index contributed by atoms with van der Waals surface area (Å²) >= 11 is 3.18. The van der Waals surface area contributed by atoms with E-state index in [1.807, 2.05) is 0 Å². The van der Waals surface area contributed by atoms with Crippen LogP contribution in [0.15, 0.2) is 18.2 Å². The van der Waals surface area contributed by atoms with Gasteiger partial charge in [0.05, 0.1) is 31.2 Å². The van der Waals surface area contributed by atoms with Crippen molar-refractivity contribution in [2.45, 2.75) is 6.42 Å². The van der Waals surface area contributed by atoms with Crippen LogP contribution in [0.4, 0.5) is 5.69 Å². The van der Waals surface area contributed by atoms with Crippen LogP contribution in [0.3, 0.4) is 0 Å². The van der Waals surface area contributed by atoms with Gasteiger partial charge in [-0.1, -0.05) is 15.9 Å². The van der Waals surface area contributed by atoms with Gasteiger partial charge in [0.2, 0.25) is 10.0 Å². The largest absolute Gasteiger partial charge is 0.495 e. The molecule has 0 radical (unpaired) electrons. The Morgan fingerprint density at radius 1 is 1.35 bits per heavy atom. The van der Waals surface area contributed by atoms with Gasteiger partial charge in [-0.3, -0.25) is 4.72 Å². The minimum atomic E-state index is -3.49. The third-order valence-corrected chi connectivity index (χ3v) is 4.35. The van der Waals surface area contributed by atoms with E-state index < -0.39 is 16.0 Å². The number of alkyl halides is 1. The second-order valence-electron chi connectivity index (χ2n) is 3.87. The summed E-state index contributed by atoms with van der Waals surface area (Å²) in [5.41, 5.74) is 0.455. The Kier molecular flexibility index (Phi) is 6.28.